The first-order chi connectivity index (χ1) is 11.6. The fourth-order valence-electron chi connectivity index (χ4n) is 3.24. The lowest BCUT2D eigenvalue weighted by Crippen LogP contribution is -2.06. The molecule has 1 aliphatic rings. The number of halogens is 2. The molecule has 1 aromatic carbocycles. The maximum absolute atomic E-state index is 14.3. The second kappa shape index (κ2) is 5.51. The van der Waals surface area contributed by atoms with Crippen LogP contribution in [0.2, 0.25) is 0 Å². The molecular formula is C19H17F2N3. The summed E-state index contributed by atoms with van der Waals surface area (Å²) in [7, 11) is 0. The van der Waals surface area contributed by atoms with Crippen LogP contribution in [0, 0.1) is 11.7 Å². The summed E-state index contributed by atoms with van der Waals surface area (Å²) in [5.41, 5.74) is 1.21. The second-order valence-corrected chi connectivity index (χ2v) is 6.40. The molecule has 4 rings (SSSR count). The zero-order valence-electron chi connectivity index (χ0n) is 13.1. The molecular weight excluding hydrogens is 308 g/mol. The average Bonchev–Trinajstić information content (AvgIpc) is 3.02. The zero-order valence-corrected chi connectivity index (χ0v) is 13.1. The Morgan fingerprint density at radius 2 is 2.08 bits per heavy atom. The molecule has 0 spiro atoms. The molecule has 3 nitrogen and oxygen atoms in total. The minimum atomic E-state index is -1.13. The standard InChI is InChI=1S/C19H17F2N3/c1-2-7-19(21)12-15(19)11-18-23-22-17-10-14(6-8-24(17)18)13-4-3-5-16(20)9-13/h2-6,8-10,15H,1,7,11-12H2. The maximum atomic E-state index is 14.3. The largest absolute Gasteiger partial charge is 0.286 e. The number of hydrogen-bond donors (Lipinski definition) is 0. The van der Waals surface area contributed by atoms with Crippen LogP contribution in [0.1, 0.15) is 18.7 Å². The Balaban J connectivity index is 1.61. The van der Waals surface area contributed by atoms with Gasteiger partial charge in [0, 0.05) is 18.5 Å². The van der Waals surface area contributed by atoms with E-state index >= 15 is 0 Å². The number of pyridine rings is 1. The molecule has 2 unspecified atom stereocenters. The van der Waals surface area contributed by atoms with E-state index in [9.17, 15) is 8.78 Å². The highest BCUT2D eigenvalue weighted by Crippen LogP contribution is 2.51. The topological polar surface area (TPSA) is 30.2 Å². The molecule has 1 saturated carbocycles. The molecule has 3 aromatic rings. The molecule has 2 aromatic heterocycles. The van der Waals surface area contributed by atoms with Gasteiger partial charge < -0.3 is 0 Å². The molecule has 0 amide bonds. The zero-order chi connectivity index (χ0) is 16.7. The molecule has 122 valence electrons. The van der Waals surface area contributed by atoms with E-state index in [1.165, 1.54) is 12.1 Å². The lowest BCUT2D eigenvalue weighted by molar-refractivity contribution is 0.282. The first-order valence-corrected chi connectivity index (χ1v) is 7.98. The Kier molecular flexibility index (Phi) is 3.44. The van der Waals surface area contributed by atoms with E-state index in [2.05, 4.69) is 16.8 Å². The van der Waals surface area contributed by atoms with Crippen LogP contribution in [0.5, 0.6) is 0 Å². The van der Waals surface area contributed by atoms with Gasteiger partial charge in [-0.15, -0.1) is 16.8 Å². The van der Waals surface area contributed by atoms with Crippen LogP contribution in [0.25, 0.3) is 16.8 Å². The molecule has 1 aliphatic carbocycles. The number of rotatable bonds is 5. The summed E-state index contributed by atoms with van der Waals surface area (Å²) in [5, 5.41) is 8.38. The molecule has 1 fully saturated rings. The first kappa shape index (κ1) is 15.0. The molecule has 0 radical (unpaired) electrons. The van der Waals surface area contributed by atoms with Gasteiger partial charge in [0.15, 0.2) is 5.65 Å². The van der Waals surface area contributed by atoms with Gasteiger partial charge in [-0.1, -0.05) is 18.2 Å². The van der Waals surface area contributed by atoms with Crippen molar-refractivity contribution in [2.45, 2.75) is 24.9 Å². The lowest BCUT2D eigenvalue weighted by atomic mass is 10.1. The van der Waals surface area contributed by atoms with Gasteiger partial charge in [0.2, 0.25) is 0 Å². The van der Waals surface area contributed by atoms with Gasteiger partial charge in [-0.05, 0) is 48.2 Å². The van der Waals surface area contributed by atoms with Crippen molar-refractivity contribution in [1.29, 1.82) is 0 Å². The van der Waals surface area contributed by atoms with Gasteiger partial charge in [-0.3, -0.25) is 4.40 Å². The van der Waals surface area contributed by atoms with Crippen molar-refractivity contribution in [1.82, 2.24) is 14.6 Å². The second-order valence-electron chi connectivity index (χ2n) is 6.40. The molecule has 24 heavy (non-hydrogen) atoms. The lowest BCUT2D eigenvalue weighted by Gasteiger charge is -2.05. The Labute approximate surface area is 138 Å². The predicted octanol–water partition coefficient (Wildman–Crippen LogP) is 4.38. The smallest absolute Gasteiger partial charge is 0.161 e. The van der Waals surface area contributed by atoms with Gasteiger partial charge in [0.1, 0.15) is 17.3 Å². The van der Waals surface area contributed by atoms with E-state index in [1.54, 1.807) is 12.1 Å². The van der Waals surface area contributed by atoms with Crippen LogP contribution in [0.4, 0.5) is 8.78 Å². The van der Waals surface area contributed by atoms with Crippen molar-refractivity contribution in [3.05, 3.63) is 66.9 Å². The summed E-state index contributed by atoms with van der Waals surface area (Å²) in [6, 6.07) is 10.2. The van der Waals surface area contributed by atoms with Crippen molar-refractivity contribution in [2.24, 2.45) is 5.92 Å². The Hall–Kier alpha value is -2.56. The number of hydrogen-bond acceptors (Lipinski definition) is 2. The number of fused-ring (bicyclic) bond motifs is 1. The molecule has 2 atom stereocenters. The number of nitrogens with zero attached hydrogens (tertiary/aromatic N) is 3. The van der Waals surface area contributed by atoms with Gasteiger partial charge >= 0.3 is 0 Å². The molecule has 0 saturated heterocycles. The minimum absolute atomic E-state index is 0.0224. The third-order valence-electron chi connectivity index (χ3n) is 4.71. The number of alkyl halides is 1. The summed E-state index contributed by atoms with van der Waals surface area (Å²) in [6.07, 6.45) is 4.99. The monoisotopic (exact) mass is 325 g/mol. The van der Waals surface area contributed by atoms with E-state index in [0.29, 0.717) is 24.9 Å². The van der Waals surface area contributed by atoms with Crippen molar-refractivity contribution < 1.29 is 8.78 Å². The van der Waals surface area contributed by atoms with Crippen molar-refractivity contribution in [3.63, 3.8) is 0 Å². The Morgan fingerprint density at radius 1 is 1.25 bits per heavy atom. The van der Waals surface area contributed by atoms with Gasteiger partial charge in [0.25, 0.3) is 0 Å². The highest BCUT2D eigenvalue weighted by Gasteiger charge is 2.54. The Morgan fingerprint density at radius 3 is 2.88 bits per heavy atom. The van der Waals surface area contributed by atoms with Crippen LogP contribution >= 0.6 is 0 Å². The number of benzene rings is 1. The van der Waals surface area contributed by atoms with E-state index in [4.69, 9.17) is 0 Å². The Bertz CT molecular complexity index is 918. The molecule has 2 heterocycles. The molecule has 0 aliphatic heterocycles. The highest BCUT2D eigenvalue weighted by atomic mass is 19.1. The van der Waals surface area contributed by atoms with E-state index in [-0.39, 0.29) is 11.7 Å². The van der Waals surface area contributed by atoms with Crippen molar-refractivity contribution in [3.8, 4) is 11.1 Å². The minimum Gasteiger partial charge on any atom is -0.286 e. The summed E-state index contributed by atoms with van der Waals surface area (Å²) < 4.78 is 29.6. The fraction of sp³-hybridized carbons (Fsp3) is 0.263. The van der Waals surface area contributed by atoms with Crippen LogP contribution in [-0.4, -0.2) is 20.3 Å². The van der Waals surface area contributed by atoms with Crippen LogP contribution in [0.15, 0.2) is 55.3 Å². The van der Waals surface area contributed by atoms with Gasteiger partial charge in [-0.25, -0.2) is 8.78 Å². The number of allylic oxidation sites excluding steroid dienone is 1. The summed E-state index contributed by atoms with van der Waals surface area (Å²) in [6.45, 7) is 3.61. The van der Waals surface area contributed by atoms with Crippen molar-refractivity contribution >= 4 is 5.65 Å². The molecule has 5 heteroatoms. The maximum Gasteiger partial charge on any atom is 0.161 e. The van der Waals surface area contributed by atoms with Crippen LogP contribution < -0.4 is 0 Å². The van der Waals surface area contributed by atoms with Gasteiger partial charge in [0.05, 0.1) is 0 Å². The van der Waals surface area contributed by atoms with E-state index in [0.717, 1.165) is 17.0 Å². The fourth-order valence-corrected chi connectivity index (χ4v) is 3.24. The van der Waals surface area contributed by atoms with Gasteiger partial charge in [-0.2, -0.15) is 0 Å². The predicted molar refractivity (Wildman–Crippen MR) is 88.8 cm³/mol. The van der Waals surface area contributed by atoms with Crippen molar-refractivity contribution in [2.75, 3.05) is 0 Å². The van der Waals surface area contributed by atoms with E-state index < -0.39 is 5.67 Å². The average molecular weight is 325 g/mol. The quantitative estimate of drug-likeness (QED) is 0.652. The third kappa shape index (κ3) is 2.60. The van der Waals surface area contributed by atoms with Crippen LogP contribution in [0.3, 0.4) is 0 Å². The first-order valence-electron chi connectivity index (χ1n) is 7.98. The molecule has 0 bridgehead atoms. The number of aromatic nitrogens is 3. The SMILES string of the molecule is C=CCC1(F)CC1Cc1nnc2cc(-c3cccc(F)c3)ccn12. The highest BCUT2D eigenvalue weighted by molar-refractivity contribution is 5.67. The summed E-state index contributed by atoms with van der Waals surface area (Å²) in [5.74, 6) is 0.458. The van der Waals surface area contributed by atoms with E-state index in [1.807, 2.05) is 28.8 Å². The molecule has 0 N–H and O–H groups in total. The summed E-state index contributed by atoms with van der Waals surface area (Å²) in [4.78, 5) is 0. The normalized spacial score (nSPS) is 22.7. The summed E-state index contributed by atoms with van der Waals surface area (Å²) >= 11 is 0. The van der Waals surface area contributed by atoms with Crippen LogP contribution in [-0.2, 0) is 6.42 Å². The third-order valence-corrected chi connectivity index (χ3v) is 4.71.